The average molecular weight is 252 g/mol. The molecule has 1 fully saturated rings. The summed E-state index contributed by atoms with van der Waals surface area (Å²) in [5.74, 6) is -1.81. The van der Waals surface area contributed by atoms with E-state index in [9.17, 15) is 14.0 Å². The van der Waals surface area contributed by atoms with Crippen LogP contribution in [0, 0.1) is 5.82 Å². The van der Waals surface area contributed by atoms with Crippen molar-refractivity contribution >= 4 is 17.6 Å². The summed E-state index contributed by atoms with van der Waals surface area (Å²) in [5, 5.41) is 11.4. The first-order valence-electron chi connectivity index (χ1n) is 5.59. The van der Waals surface area contributed by atoms with Crippen molar-refractivity contribution in [1.29, 1.82) is 0 Å². The van der Waals surface area contributed by atoms with E-state index in [1.54, 1.807) is 11.0 Å². The van der Waals surface area contributed by atoms with Crippen LogP contribution in [0.1, 0.15) is 6.42 Å². The number of carboxylic acids is 1. The molecule has 0 aliphatic carbocycles. The molecule has 0 spiro atoms. The second-order valence-electron chi connectivity index (χ2n) is 4.08. The van der Waals surface area contributed by atoms with Crippen molar-refractivity contribution in [1.82, 2.24) is 5.32 Å². The Bertz CT molecular complexity index is 478. The van der Waals surface area contributed by atoms with Crippen LogP contribution in [0.25, 0.3) is 0 Å². The van der Waals surface area contributed by atoms with Crippen LogP contribution in [0.4, 0.5) is 10.1 Å². The summed E-state index contributed by atoms with van der Waals surface area (Å²) in [6.45, 7) is 0.888. The van der Waals surface area contributed by atoms with Gasteiger partial charge in [0, 0.05) is 18.8 Å². The van der Waals surface area contributed by atoms with E-state index in [-0.39, 0.29) is 12.3 Å². The fourth-order valence-corrected chi connectivity index (χ4v) is 2.05. The summed E-state index contributed by atoms with van der Waals surface area (Å²) >= 11 is 0. The van der Waals surface area contributed by atoms with Crippen molar-refractivity contribution in [3.8, 4) is 0 Å². The van der Waals surface area contributed by atoms with Gasteiger partial charge in [-0.25, -0.2) is 4.39 Å². The van der Waals surface area contributed by atoms with E-state index in [0.717, 1.165) is 0 Å². The number of piperazine rings is 1. The van der Waals surface area contributed by atoms with Gasteiger partial charge >= 0.3 is 5.97 Å². The number of hydrogen-bond donors (Lipinski definition) is 2. The van der Waals surface area contributed by atoms with Gasteiger partial charge in [-0.15, -0.1) is 0 Å². The lowest BCUT2D eigenvalue weighted by Crippen LogP contribution is -2.56. The normalized spacial score (nSPS) is 19.5. The average Bonchev–Trinajstić information content (AvgIpc) is 2.31. The molecule has 96 valence electrons. The summed E-state index contributed by atoms with van der Waals surface area (Å²) < 4.78 is 13.2. The maximum absolute atomic E-state index is 13.2. The molecule has 1 aromatic carbocycles. The molecule has 0 aromatic heterocycles. The van der Waals surface area contributed by atoms with Gasteiger partial charge in [-0.3, -0.25) is 9.59 Å². The highest BCUT2D eigenvalue weighted by atomic mass is 19.1. The highest BCUT2D eigenvalue weighted by Gasteiger charge is 2.31. The van der Waals surface area contributed by atoms with Crippen LogP contribution in [0.2, 0.25) is 0 Å². The molecule has 1 atom stereocenters. The molecule has 2 rings (SSSR count). The number of amides is 1. The molecule has 1 aliphatic heterocycles. The minimum absolute atomic E-state index is 0.303. The Kier molecular flexibility index (Phi) is 3.45. The number of carboxylic acid groups (broad SMARTS) is 1. The van der Waals surface area contributed by atoms with Gasteiger partial charge in [0.05, 0.1) is 6.42 Å². The summed E-state index contributed by atoms with van der Waals surface area (Å²) in [7, 11) is 0. The zero-order chi connectivity index (χ0) is 13.1. The van der Waals surface area contributed by atoms with E-state index in [2.05, 4.69) is 5.32 Å². The van der Waals surface area contributed by atoms with Crippen LogP contribution < -0.4 is 10.2 Å². The highest BCUT2D eigenvalue weighted by molar-refractivity contribution is 5.90. The van der Waals surface area contributed by atoms with Crippen molar-refractivity contribution in [3.05, 3.63) is 30.1 Å². The van der Waals surface area contributed by atoms with Gasteiger partial charge in [0.15, 0.2) is 0 Å². The van der Waals surface area contributed by atoms with Crippen molar-refractivity contribution in [2.45, 2.75) is 12.5 Å². The van der Waals surface area contributed by atoms with Gasteiger partial charge in [0.2, 0.25) is 5.91 Å². The SMILES string of the molecule is O=C(O)CC1C(=O)NCCN1c1cccc(F)c1. The maximum Gasteiger partial charge on any atom is 0.305 e. The maximum atomic E-state index is 13.2. The van der Waals surface area contributed by atoms with Crippen molar-refractivity contribution < 1.29 is 19.1 Å². The van der Waals surface area contributed by atoms with Crippen molar-refractivity contribution in [2.24, 2.45) is 0 Å². The van der Waals surface area contributed by atoms with Gasteiger partial charge in [0.25, 0.3) is 0 Å². The lowest BCUT2D eigenvalue weighted by atomic mass is 10.1. The summed E-state index contributed by atoms with van der Waals surface area (Å²) in [4.78, 5) is 24.1. The number of anilines is 1. The van der Waals surface area contributed by atoms with Crippen LogP contribution in [-0.2, 0) is 9.59 Å². The number of nitrogens with zero attached hydrogens (tertiary/aromatic N) is 1. The number of halogens is 1. The van der Waals surface area contributed by atoms with Crippen LogP contribution in [0.3, 0.4) is 0 Å². The Morgan fingerprint density at radius 3 is 3.00 bits per heavy atom. The quantitative estimate of drug-likeness (QED) is 0.826. The zero-order valence-electron chi connectivity index (χ0n) is 9.60. The van der Waals surface area contributed by atoms with Gasteiger partial charge in [-0.2, -0.15) is 0 Å². The molecule has 1 heterocycles. The molecule has 1 unspecified atom stereocenters. The third kappa shape index (κ3) is 2.58. The summed E-state index contributed by atoms with van der Waals surface area (Å²) in [6, 6.07) is 5.01. The first-order chi connectivity index (χ1) is 8.58. The number of carbonyl (C=O) groups excluding carboxylic acids is 1. The molecule has 0 radical (unpaired) electrons. The van der Waals surface area contributed by atoms with E-state index >= 15 is 0 Å². The molecule has 1 saturated heterocycles. The van der Waals surface area contributed by atoms with E-state index < -0.39 is 17.8 Å². The third-order valence-corrected chi connectivity index (χ3v) is 2.84. The number of aliphatic carboxylic acids is 1. The fraction of sp³-hybridized carbons (Fsp3) is 0.333. The monoisotopic (exact) mass is 252 g/mol. The predicted molar refractivity (Wildman–Crippen MR) is 62.8 cm³/mol. The van der Waals surface area contributed by atoms with Crippen LogP contribution in [-0.4, -0.2) is 36.1 Å². The van der Waals surface area contributed by atoms with Gasteiger partial charge in [-0.1, -0.05) is 6.07 Å². The molecule has 1 amide bonds. The molecule has 1 aliphatic rings. The predicted octanol–water partition coefficient (Wildman–Crippen LogP) is 0.605. The number of carbonyl (C=O) groups is 2. The third-order valence-electron chi connectivity index (χ3n) is 2.84. The number of rotatable bonds is 3. The van der Waals surface area contributed by atoms with Crippen LogP contribution in [0.15, 0.2) is 24.3 Å². The van der Waals surface area contributed by atoms with Crippen molar-refractivity contribution in [2.75, 3.05) is 18.0 Å². The van der Waals surface area contributed by atoms with Crippen LogP contribution >= 0.6 is 0 Å². The lowest BCUT2D eigenvalue weighted by molar-refractivity contribution is -0.139. The number of hydrogen-bond acceptors (Lipinski definition) is 3. The molecule has 0 bridgehead atoms. The Labute approximate surface area is 103 Å². The molecule has 6 heteroatoms. The Hall–Kier alpha value is -2.11. The minimum atomic E-state index is -1.06. The largest absolute Gasteiger partial charge is 0.481 e. The first kappa shape index (κ1) is 12.3. The van der Waals surface area contributed by atoms with Crippen molar-refractivity contribution in [3.63, 3.8) is 0 Å². The van der Waals surface area contributed by atoms with Gasteiger partial charge in [-0.05, 0) is 18.2 Å². The second kappa shape index (κ2) is 5.03. The summed E-state index contributed by atoms with van der Waals surface area (Å²) in [5.41, 5.74) is 0.524. The zero-order valence-corrected chi connectivity index (χ0v) is 9.60. The first-order valence-corrected chi connectivity index (χ1v) is 5.59. The van der Waals surface area contributed by atoms with E-state index in [0.29, 0.717) is 18.8 Å². The fourth-order valence-electron chi connectivity index (χ4n) is 2.05. The van der Waals surface area contributed by atoms with Crippen LogP contribution in [0.5, 0.6) is 0 Å². The Morgan fingerprint density at radius 2 is 2.33 bits per heavy atom. The molecule has 0 saturated carbocycles. The van der Waals surface area contributed by atoms with Gasteiger partial charge < -0.3 is 15.3 Å². The number of nitrogens with one attached hydrogen (secondary N) is 1. The number of benzene rings is 1. The van der Waals surface area contributed by atoms with E-state index in [1.165, 1.54) is 18.2 Å². The molecule has 1 aromatic rings. The Balaban J connectivity index is 2.27. The second-order valence-corrected chi connectivity index (χ2v) is 4.08. The topological polar surface area (TPSA) is 69.6 Å². The summed E-state index contributed by atoms with van der Waals surface area (Å²) in [6.07, 6.45) is -0.303. The lowest BCUT2D eigenvalue weighted by Gasteiger charge is -2.36. The van der Waals surface area contributed by atoms with E-state index in [4.69, 9.17) is 5.11 Å². The minimum Gasteiger partial charge on any atom is -0.481 e. The molecular formula is C12H13FN2O3. The van der Waals surface area contributed by atoms with E-state index in [1.807, 2.05) is 0 Å². The molecule has 5 nitrogen and oxygen atoms in total. The molecular weight excluding hydrogens is 239 g/mol. The molecule has 18 heavy (non-hydrogen) atoms. The van der Waals surface area contributed by atoms with Gasteiger partial charge in [0.1, 0.15) is 11.9 Å². The smallest absolute Gasteiger partial charge is 0.305 e. The molecule has 2 N–H and O–H groups in total. The highest BCUT2D eigenvalue weighted by Crippen LogP contribution is 2.21. The Morgan fingerprint density at radius 1 is 1.56 bits per heavy atom. The standard InChI is InChI=1S/C12H13FN2O3/c13-8-2-1-3-9(6-8)15-5-4-14-12(18)10(15)7-11(16)17/h1-3,6,10H,4-5,7H2,(H,14,18)(H,16,17).